The maximum absolute atomic E-state index is 14.3. The predicted molar refractivity (Wildman–Crippen MR) is 274 cm³/mol. The summed E-state index contributed by atoms with van der Waals surface area (Å²) in [5, 5.41) is 25.8. The van der Waals surface area contributed by atoms with Gasteiger partial charge in [0.1, 0.15) is 41.6 Å². The molecule has 1 aromatic heterocycles. The van der Waals surface area contributed by atoms with Crippen molar-refractivity contribution in [2.24, 2.45) is 0 Å². The fraction of sp³-hybridized carbons (Fsp3) is 0.440. The van der Waals surface area contributed by atoms with Crippen LogP contribution in [0.4, 0.5) is 4.79 Å². The van der Waals surface area contributed by atoms with Crippen LogP contribution >= 0.6 is 11.8 Å². The van der Waals surface area contributed by atoms with Gasteiger partial charge in [-0.3, -0.25) is 33.3 Å². The van der Waals surface area contributed by atoms with Gasteiger partial charge in [-0.25, -0.2) is 9.59 Å². The molecule has 0 aliphatic carbocycles. The maximum Gasteiger partial charge on any atom is 0.446 e. The summed E-state index contributed by atoms with van der Waals surface area (Å²) in [6.07, 6.45) is 2.95. The second-order valence-electron chi connectivity index (χ2n) is 18.1. The first-order valence-electron chi connectivity index (χ1n) is 23.7. The zero-order valence-electron chi connectivity index (χ0n) is 41.8. The summed E-state index contributed by atoms with van der Waals surface area (Å²) >= 11 is 1.37. The monoisotopic (exact) mass is 1070 g/mol. The van der Waals surface area contributed by atoms with Crippen LogP contribution in [0.1, 0.15) is 76.5 Å². The van der Waals surface area contributed by atoms with Crippen LogP contribution in [-0.4, -0.2) is 132 Å². The number of aliphatic carboxylic acids is 1. The first-order chi connectivity index (χ1) is 35.0. The van der Waals surface area contributed by atoms with E-state index in [9.17, 15) is 51.9 Å². The van der Waals surface area contributed by atoms with E-state index in [0.717, 1.165) is 16.5 Å². The summed E-state index contributed by atoms with van der Waals surface area (Å²) in [6, 6.07) is 14.8. The third kappa shape index (κ3) is 21.1. The fourth-order valence-electron chi connectivity index (χ4n) is 7.34. The lowest BCUT2D eigenvalue weighted by atomic mass is 10.0. The number of aromatic nitrogens is 1. The highest BCUT2D eigenvalue weighted by molar-refractivity contribution is 7.98. The number of para-hydroxylation sites is 1. The van der Waals surface area contributed by atoms with Gasteiger partial charge < -0.3 is 55.6 Å². The number of benzene rings is 3. The van der Waals surface area contributed by atoms with Gasteiger partial charge in [-0.1, -0.05) is 80.4 Å². The molecule has 22 nitrogen and oxygen atoms in total. The second kappa shape index (κ2) is 28.9. The zero-order chi connectivity index (χ0) is 54.4. The first-order valence-corrected chi connectivity index (χ1v) is 26.5. The van der Waals surface area contributed by atoms with Gasteiger partial charge >= 0.3 is 28.4 Å². The van der Waals surface area contributed by atoms with Crippen molar-refractivity contribution in [1.29, 1.82) is 0 Å². The minimum Gasteiger partial charge on any atom is -0.481 e. The van der Waals surface area contributed by atoms with Gasteiger partial charge in [-0.15, -0.1) is 0 Å². The molecule has 0 aliphatic heterocycles. The number of alkyl carbamates (subject to hydrolysis) is 1. The smallest absolute Gasteiger partial charge is 0.446 e. The van der Waals surface area contributed by atoms with Gasteiger partial charge in [-0.2, -0.15) is 20.2 Å². The number of hydrogen-bond donors (Lipinski definition) is 9. The normalized spacial score (nSPS) is 13.4. The quantitative estimate of drug-likeness (QED) is 0.0278. The fourth-order valence-corrected chi connectivity index (χ4v) is 8.17. The number of aromatic amines is 1. The number of carboxylic acid groups (broad SMARTS) is 1. The van der Waals surface area contributed by atoms with Gasteiger partial charge in [0.25, 0.3) is 0 Å². The molecule has 4 rings (SSSR count). The van der Waals surface area contributed by atoms with Gasteiger partial charge in [0.15, 0.2) is 0 Å². The molecule has 4 aromatic rings. The van der Waals surface area contributed by atoms with Gasteiger partial charge in [0.2, 0.25) is 29.5 Å². The van der Waals surface area contributed by atoms with Gasteiger partial charge in [0, 0.05) is 36.4 Å². The van der Waals surface area contributed by atoms with Crippen molar-refractivity contribution in [3.63, 3.8) is 0 Å². The lowest BCUT2D eigenvalue weighted by Crippen LogP contribution is -2.58. The summed E-state index contributed by atoms with van der Waals surface area (Å²) < 4.78 is 46.6. The van der Waals surface area contributed by atoms with Crippen molar-refractivity contribution in [1.82, 2.24) is 36.9 Å². The third-order valence-electron chi connectivity index (χ3n) is 10.9. The van der Waals surface area contributed by atoms with Crippen LogP contribution in [0.25, 0.3) is 10.9 Å². The Balaban J connectivity index is 1.51. The molecule has 0 bridgehead atoms. The Bertz CT molecular complexity index is 2660. The molecule has 5 atom stereocenters. The molecule has 0 radical (unpaired) electrons. The van der Waals surface area contributed by atoms with Gasteiger partial charge in [-0.05, 0) is 80.5 Å². The summed E-state index contributed by atoms with van der Waals surface area (Å²) in [6.45, 7) is 5.95. The SMILES string of the molecule is CCCCC(NC(=O)C(Cc1c[nH]c2ccccc12)NC(=O)CNC(=O)C(CCSC)NC(=O)C(Cc1ccc(OS(=O)(=O)O)cc1)NC(=O)OC(C)(C)C)C(=O)NC(CC(=O)O)C(=O)OCCc1ccccc1. The van der Waals surface area contributed by atoms with Gasteiger partial charge in [0.05, 0.1) is 19.6 Å². The summed E-state index contributed by atoms with van der Waals surface area (Å²) in [4.78, 5) is 111. The second-order valence-corrected chi connectivity index (χ2v) is 20.1. The Hall–Kier alpha value is -7.18. The number of carboxylic acids is 1. The number of rotatable bonds is 29. The van der Waals surface area contributed by atoms with E-state index in [1.165, 1.54) is 36.0 Å². The Morgan fingerprint density at radius 2 is 1.32 bits per heavy atom. The standard InChI is InChI=1S/C50H65N7O15S2/c1-6-7-16-37(45(62)56-41(28-43(59)60)48(65)70-24-22-31-13-9-8-10-14-31)54-47(64)40(27-33-29-51-36-17-12-11-15-35(33)36)53-42(58)30-52-44(61)38(23-25-73-5)55-46(63)39(57-49(66)71-50(2,3)4)26-32-18-20-34(21-19-32)72-74(67,68)69/h8-15,17-21,29,37-41,51H,6-7,16,22-28,30H2,1-5H3,(H,52,61)(H,53,58)(H,54,64)(H,55,63)(H,56,62)(H,57,66)(H,59,60)(H,67,68,69). The molecule has 24 heteroatoms. The molecule has 0 spiro atoms. The average Bonchev–Trinajstić information content (AvgIpc) is 3.74. The lowest BCUT2D eigenvalue weighted by molar-refractivity contribution is -0.152. The van der Waals surface area contributed by atoms with E-state index in [1.54, 1.807) is 39.3 Å². The van der Waals surface area contributed by atoms with E-state index < -0.39 is 107 Å². The Labute approximate surface area is 433 Å². The highest BCUT2D eigenvalue weighted by Crippen LogP contribution is 2.20. The van der Waals surface area contributed by atoms with Crippen molar-refractivity contribution in [2.45, 2.75) is 115 Å². The number of hydrogen-bond acceptors (Lipinski definition) is 14. The predicted octanol–water partition coefficient (Wildman–Crippen LogP) is 3.29. The maximum atomic E-state index is 14.3. The van der Waals surface area contributed by atoms with Crippen molar-refractivity contribution in [2.75, 3.05) is 25.2 Å². The molecule has 6 amide bonds. The highest BCUT2D eigenvalue weighted by Gasteiger charge is 2.33. The Morgan fingerprint density at radius 1 is 0.716 bits per heavy atom. The van der Waals surface area contributed by atoms with Crippen molar-refractivity contribution >= 4 is 80.6 Å². The molecule has 1 heterocycles. The number of H-pyrrole nitrogens is 1. The van der Waals surface area contributed by atoms with E-state index >= 15 is 0 Å². The van der Waals surface area contributed by atoms with Crippen LogP contribution in [0.5, 0.6) is 5.75 Å². The van der Waals surface area contributed by atoms with Crippen LogP contribution in [-0.2, 0) is 72.7 Å². The van der Waals surface area contributed by atoms with E-state index in [0.29, 0.717) is 36.1 Å². The molecule has 0 saturated carbocycles. The van der Waals surface area contributed by atoms with Crippen LogP contribution < -0.4 is 36.1 Å². The number of fused-ring (bicyclic) bond motifs is 1. The number of carbonyl (C=O) groups is 8. The van der Waals surface area contributed by atoms with Crippen LogP contribution in [0.3, 0.4) is 0 Å². The molecule has 5 unspecified atom stereocenters. The van der Waals surface area contributed by atoms with Crippen LogP contribution in [0.15, 0.2) is 85.1 Å². The Morgan fingerprint density at radius 3 is 1.95 bits per heavy atom. The van der Waals surface area contributed by atoms with Crippen molar-refractivity contribution in [3.8, 4) is 5.75 Å². The summed E-state index contributed by atoms with van der Waals surface area (Å²) in [5.41, 5.74) is 1.69. The Kier molecular flexibility index (Phi) is 23.2. The molecular formula is C50H65N7O15S2. The van der Waals surface area contributed by atoms with E-state index in [1.807, 2.05) is 55.5 Å². The third-order valence-corrected chi connectivity index (χ3v) is 12.0. The molecule has 0 saturated heterocycles. The molecule has 3 aromatic carbocycles. The van der Waals surface area contributed by atoms with Crippen LogP contribution in [0.2, 0.25) is 0 Å². The molecule has 74 heavy (non-hydrogen) atoms. The van der Waals surface area contributed by atoms with E-state index in [4.69, 9.17) is 14.0 Å². The average molecular weight is 1070 g/mol. The molecule has 9 N–H and O–H groups in total. The summed E-state index contributed by atoms with van der Waals surface area (Å²) in [5.74, 6) is -6.29. The molecular weight excluding hydrogens is 1000 g/mol. The molecule has 0 aliphatic rings. The van der Waals surface area contributed by atoms with E-state index in [-0.39, 0.29) is 38.0 Å². The van der Waals surface area contributed by atoms with Crippen molar-refractivity contribution < 1.29 is 70.1 Å². The highest BCUT2D eigenvalue weighted by atomic mass is 32.3. The number of carbonyl (C=O) groups excluding carboxylic acids is 7. The largest absolute Gasteiger partial charge is 0.481 e. The minimum absolute atomic E-state index is 0.0761. The van der Waals surface area contributed by atoms with E-state index in [2.05, 4.69) is 41.1 Å². The molecule has 0 fully saturated rings. The number of thioether (sulfide) groups is 1. The minimum atomic E-state index is -4.81. The topological polar surface area (TPSA) is 327 Å². The molecule has 402 valence electrons. The number of amides is 6. The van der Waals surface area contributed by atoms with Crippen LogP contribution in [0, 0.1) is 0 Å². The first kappa shape index (κ1) is 59.4. The number of unbranched alkanes of at least 4 members (excludes halogenated alkanes) is 1. The zero-order valence-corrected chi connectivity index (χ0v) is 43.4. The number of ether oxygens (including phenoxy) is 2. The lowest BCUT2D eigenvalue weighted by Gasteiger charge is -2.26. The summed E-state index contributed by atoms with van der Waals surface area (Å²) in [7, 11) is -4.81. The van der Waals surface area contributed by atoms with Crippen molar-refractivity contribution in [3.05, 3.63) is 102 Å². The number of esters is 1. The number of nitrogens with one attached hydrogen (secondary N) is 7.